The van der Waals surface area contributed by atoms with Crippen molar-refractivity contribution in [3.8, 4) is 0 Å². The fraction of sp³-hybridized carbons (Fsp3) is 1.00. The Morgan fingerprint density at radius 1 is 1.46 bits per heavy atom. The lowest BCUT2D eigenvalue weighted by molar-refractivity contribution is 0.0390. The number of hydrogen-bond donors (Lipinski definition) is 1. The fourth-order valence-electron chi connectivity index (χ4n) is 2.77. The molecule has 1 aliphatic heterocycles. The van der Waals surface area contributed by atoms with Gasteiger partial charge in [0, 0.05) is 18.6 Å². The summed E-state index contributed by atoms with van der Waals surface area (Å²) in [6.07, 6.45) is 5.76. The maximum atomic E-state index is 10.3. The van der Waals surface area contributed by atoms with E-state index in [0.717, 1.165) is 31.8 Å². The van der Waals surface area contributed by atoms with E-state index in [2.05, 4.69) is 18.7 Å². The highest BCUT2D eigenvalue weighted by Crippen LogP contribution is 2.38. The molecule has 76 valence electrons. The van der Waals surface area contributed by atoms with Gasteiger partial charge in [0.25, 0.3) is 0 Å². The molecule has 0 aromatic rings. The van der Waals surface area contributed by atoms with E-state index in [1.165, 1.54) is 12.8 Å². The van der Waals surface area contributed by atoms with Crippen molar-refractivity contribution in [1.29, 1.82) is 0 Å². The first-order chi connectivity index (χ1) is 6.14. The molecule has 0 radical (unpaired) electrons. The largest absolute Gasteiger partial charge is 0.388 e. The Kier molecular flexibility index (Phi) is 2.37. The van der Waals surface area contributed by atoms with Crippen molar-refractivity contribution in [2.24, 2.45) is 0 Å². The summed E-state index contributed by atoms with van der Waals surface area (Å²) < 4.78 is 0. The molecule has 2 heteroatoms. The number of β-amino-alcohol motifs (C(OH)–C–C–N with tert-alkyl or cyclic N) is 1. The van der Waals surface area contributed by atoms with Gasteiger partial charge in [-0.2, -0.15) is 0 Å². The monoisotopic (exact) mass is 183 g/mol. The molecule has 0 spiro atoms. The third-order valence-electron chi connectivity index (χ3n) is 3.45. The minimum absolute atomic E-state index is 0.364. The Bertz CT molecular complexity index is 191. The van der Waals surface area contributed by atoms with Crippen LogP contribution in [0.3, 0.4) is 0 Å². The zero-order valence-electron chi connectivity index (χ0n) is 8.79. The summed E-state index contributed by atoms with van der Waals surface area (Å²) in [7, 11) is 0. The summed E-state index contributed by atoms with van der Waals surface area (Å²) >= 11 is 0. The number of hydrogen-bond acceptors (Lipinski definition) is 2. The van der Waals surface area contributed by atoms with E-state index in [9.17, 15) is 5.11 Å². The standard InChI is InChI=1S/C11H21NO/c1-3-6-11(13)7-9(2)12(8-11)10-4-5-10/h9-10,13H,3-8H2,1-2H3. The molecule has 1 heterocycles. The molecular weight excluding hydrogens is 162 g/mol. The molecule has 2 rings (SSSR count). The first kappa shape index (κ1) is 9.47. The lowest BCUT2D eigenvalue weighted by atomic mass is 9.95. The minimum Gasteiger partial charge on any atom is -0.388 e. The summed E-state index contributed by atoms with van der Waals surface area (Å²) in [6, 6.07) is 1.41. The quantitative estimate of drug-likeness (QED) is 0.721. The second kappa shape index (κ2) is 3.25. The molecule has 2 unspecified atom stereocenters. The van der Waals surface area contributed by atoms with Gasteiger partial charge >= 0.3 is 0 Å². The summed E-state index contributed by atoms with van der Waals surface area (Å²) in [5.74, 6) is 0. The third-order valence-corrected chi connectivity index (χ3v) is 3.45. The maximum Gasteiger partial charge on any atom is 0.0789 e. The van der Waals surface area contributed by atoms with Gasteiger partial charge in [-0.05, 0) is 32.6 Å². The van der Waals surface area contributed by atoms with Gasteiger partial charge in [0.2, 0.25) is 0 Å². The van der Waals surface area contributed by atoms with Crippen LogP contribution < -0.4 is 0 Å². The average Bonchev–Trinajstić information content (AvgIpc) is 2.79. The van der Waals surface area contributed by atoms with Crippen molar-refractivity contribution in [3.63, 3.8) is 0 Å². The van der Waals surface area contributed by atoms with E-state index in [1.54, 1.807) is 0 Å². The topological polar surface area (TPSA) is 23.5 Å². The van der Waals surface area contributed by atoms with Crippen LogP contribution in [0.4, 0.5) is 0 Å². The predicted octanol–water partition coefficient (Wildman–Crippen LogP) is 1.77. The van der Waals surface area contributed by atoms with Crippen LogP contribution in [-0.4, -0.2) is 34.2 Å². The Labute approximate surface area is 80.9 Å². The van der Waals surface area contributed by atoms with Crippen LogP contribution in [0.5, 0.6) is 0 Å². The predicted molar refractivity (Wildman–Crippen MR) is 53.7 cm³/mol. The molecule has 1 aliphatic carbocycles. The summed E-state index contributed by atoms with van der Waals surface area (Å²) in [4.78, 5) is 2.51. The lowest BCUT2D eigenvalue weighted by Gasteiger charge is -2.23. The molecule has 1 N–H and O–H groups in total. The molecule has 2 aliphatic rings. The molecule has 2 atom stereocenters. The zero-order chi connectivity index (χ0) is 9.47. The maximum absolute atomic E-state index is 10.3. The minimum atomic E-state index is -0.364. The number of likely N-dealkylation sites (tertiary alicyclic amines) is 1. The highest BCUT2D eigenvalue weighted by Gasteiger charge is 2.45. The summed E-state index contributed by atoms with van der Waals surface area (Å²) in [6.45, 7) is 5.33. The highest BCUT2D eigenvalue weighted by molar-refractivity contribution is 5.00. The summed E-state index contributed by atoms with van der Waals surface area (Å²) in [5, 5.41) is 10.3. The van der Waals surface area contributed by atoms with Crippen LogP contribution in [0.1, 0.15) is 46.0 Å². The SMILES string of the molecule is CCCC1(O)CC(C)N(C2CC2)C1. The second-order valence-corrected chi connectivity index (χ2v) is 4.93. The van der Waals surface area contributed by atoms with Gasteiger partial charge in [0.15, 0.2) is 0 Å². The molecular formula is C11H21NO. The molecule has 0 aromatic heterocycles. The van der Waals surface area contributed by atoms with Gasteiger partial charge < -0.3 is 5.11 Å². The van der Waals surface area contributed by atoms with E-state index in [4.69, 9.17) is 0 Å². The van der Waals surface area contributed by atoms with Crippen LogP contribution in [0.2, 0.25) is 0 Å². The Hall–Kier alpha value is -0.0800. The van der Waals surface area contributed by atoms with E-state index in [0.29, 0.717) is 6.04 Å². The second-order valence-electron chi connectivity index (χ2n) is 4.93. The first-order valence-electron chi connectivity index (χ1n) is 5.63. The van der Waals surface area contributed by atoms with Gasteiger partial charge in [-0.25, -0.2) is 0 Å². The van der Waals surface area contributed by atoms with Crippen LogP contribution >= 0.6 is 0 Å². The van der Waals surface area contributed by atoms with Gasteiger partial charge in [-0.15, -0.1) is 0 Å². The average molecular weight is 183 g/mol. The Balaban J connectivity index is 1.96. The molecule has 0 bridgehead atoms. The van der Waals surface area contributed by atoms with E-state index in [1.807, 2.05) is 0 Å². The first-order valence-corrected chi connectivity index (χ1v) is 5.63. The highest BCUT2D eigenvalue weighted by atomic mass is 16.3. The number of nitrogens with zero attached hydrogens (tertiary/aromatic N) is 1. The molecule has 1 saturated heterocycles. The van der Waals surface area contributed by atoms with Crippen molar-refractivity contribution in [1.82, 2.24) is 4.90 Å². The molecule has 2 nitrogen and oxygen atoms in total. The van der Waals surface area contributed by atoms with Gasteiger partial charge in [-0.1, -0.05) is 13.3 Å². The van der Waals surface area contributed by atoms with Crippen LogP contribution in [0.15, 0.2) is 0 Å². The molecule has 13 heavy (non-hydrogen) atoms. The van der Waals surface area contributed by atoms with Crippen molar-refractivity contribution in [2.75, 3.05) is 6.54 Å². The van der Waals surface area contributed by atoms with Crippen molar-refractivity contribution >= 4 is 0 Å². The number of rotatable bonds is 3. The fourth-order valence-corrected chi connectivity index (χ4v) is 2.77. The van der Waals surface area contributed by atoms with Crippen LogP contribution in [0, 0.1) is 0 Å². The summed E-state index contributed by atoms with van der Waals surface area (Å²) in [5.41, 5.74) is -0.364. The lowest BCUT2D eigenvalue weighted by Crippen LogP contribution is -2.34. The smallest absolute Gasteiger partial charge is 0.0789 e. The van der Waals surface area contributed by atoms with Gasteiger partial charge in [0.05, 0.1) is 5.60 Å². The third kappa shape index (κ3) is 1.89. The van der Waals surface area contributed by atoms with Crippen molar-refractivity contribution < 1.29 is 5.11 Å². The van der Waals surface area contributed by atoms with Gasteiger partial charge in [-0.3, -0.25) is 4.90 Å². The molecule has 0 amide bonds. The molecule has 1 saturated carbocycles. The van der Waals surface area contributed by atoms with E-state index < -0.39 is 0 Å². The van der Waals surface area contributed by atoms with Crippen molar-refractivity contribution in [2.45, 2.75) is 63.6 Å². The molecule has 0 aromatic carbocycles. The normalized spacial score (nSPS) is 41.3. The molecule has 2 fully saturated rings. The van der Waals surface area contributed by atoms with Gasteiger partial charge in [0.1, 0.15) is 0 Å². The van der Waals surface area contributed by atoms with Crippen LogP contribution in [-0.2, 0) is 0 Å². The van der Waals surface area contributed by atoms with Crippen LogP contribution in [0.25, 0.3) is 0 Å². The Morgan fingerprint density at radius 3 is 2.69 bits per heavy atom. The zero-order valence-corrected chi connectivity index (χ0v) is 8.79. The van der Waals surface area contributed by atoms with E-state index in [-0.39, 0.29) is 5.60 Å². The van der Waals surface area contributed by atoms with E-state index >= 15 is 0 Å². The van der Waals surface area contributed by atoms with Crippen molar-refractivity contribution in [3.05, 3.63) is 0 Å². The number of aliphatic hydroxyl groups is 1. The Morgan fingerprint density at radius 2 is 2.15 bits per heavy atom.